The number of carbonyl (C=O) groups is 2. The highest BCUT2D eigenvalue weighted by Gasteiger charge is 2.35. The number of amides is 2. The van der Waals surface area contributed by atoms with Gasteiger partial charge in [-0.15, -0.1) is 11.3 Å². The van der Waals surface area contributed by atoms with E-state index in [1.165, 1.54) is 16.9 Å². The molecule has 2 amide bonds. The minimum absolute atomic E-state index is 0.0760. The van der Waals surface area contributed by atoms with Gasteiger partial charge in [0, 0.05) is 15.8 Å². The lowest BCUT2D eigenvalue weighted by Crippen LogP contribution is -2.27. The Labute approximate surface area is 206 Å². The van der Waals surface area contributed by atoms with Crippen LogP contribution >= 0.6 is 69.7 Å². The number of halogens is 3. The minimum atomic E-state index is -0.385. The summed E-state index contributed by atoms with van der Waals surface area (Å²) in [6, 6.07) is 15.0. The number of nitrogens with zero attached hydrogens (tertiary/aromatic N) is 2. The molecule has 1 aliphatic heterocycles. The predicted octanol–water partition coefficient (Wildman–Crippen LogP) is 7.63. The molecule has 0 N–H and O–H groups in total. The van der Waals surface area contributed by atoms with Gasteiger partial charge in [-0.2, -0.15) is 0 Å². The number of aromatic nitrogens is 1. The van der Waals surface area contributed by atoms with E-state index in [1.54, 1.807) is 36.0 Å². The molecule has 1 saturated heterocycles. The van der Waals surface area contributed by atoms with E-state index < -0.39 is 0 Å². The van der Waals surface area contributed by atoms with Crippen LogP contribution in [0.1, 0.15) is 16.0 Å². The molecule has 4 rings (SSSR count). The van der Waals surface area contributed by atoms with Gasteiger partial charge in [0.05, 0.1) is 16.3 Å². The maximum atomic E-state index is 12.8. The molecule has 3 aromatic rings. The topological polar surface area (TPSA) is 50.3 Å². The zero-order valence-corrected chi connectivity index (χ0v) is 20.4. The zero-order chi connectivity index (χ0) is 22.0. The molecule has 0 spiro atoms. The molecule has 158 valence electrons. The second-order valence-corrected chi connectivity index (χ2v) is 10.9. The number of hydrogen-bond acceptors (Lipinski definition) is 6. The first-order chi connectivity index (χ1) is 14.9. The Kier molecular flexibility index (Phi) is 7.31. The molecule has 0 aliphatic carbocycles. The number of carbonyl (C=O) groups excluding carboxylic acids is 2. The quantitative estimate of drug-likeness (QED) is 0.244. The highest BCUT2D eigenvalue weighted by Crippen LogP contribution is 2.38. The fourth-order valence-electron chi connectivity index (χ4n) is 2.74. The van der Waals surface area contributed by atoms with Crippen molar-refractivity contribution in [1.29, 1.82) is 0 Å². The highest BCUT2D eigenvalue weighted by atomic mass is 35.5. The predicted molar refractivity (Wildman–Crippen MR) is 131 cm³/mol. The molecule has 2 heterocycles. The minimum Gasteiger partial charge on any atom is -0.268 e. The van der Waals surface area contributed by atoms with E-state index >= 15 is 0 Å². The molecule has 31 heavy (non-hydrogen) atoms. The molecule has 0 unspecified atom stereocenters. The molecule has 2 aromatic carbocycles. The Hall–Kier alpha value is -1.48. The second kappa shape index (κ2) is 9.98. The van der Waals surface area contributed by atoms with Crippen molar-refractivity contribution in [2.75, 3.05) is 0 Å². The summed E-state index contributed by atoms with van der Waals surface area (Å²) in [5.74, 6) is 0.381. The molecule has 4 nitrogen and oxygen atoms in total. The van der Waals surface area contributed by atoms with Crippen molar-refractivity contribution in [3.63, 3.8) is 0 Å². The smallest absolute Gasteiger partial charge is 0.268 e. The van der Waals surface area contributed by atoms with Crippen LogP contribution in [0.15, 0.2) is 57.8 Å². The van der Waals surface area contributed by atoms with Gasteiger partial charge in [0.2, 0.25) is 0 Å². The van der Waals surface area contributed by atoms with E-state index in [2.05, 4.69) is 4.98 Å². The van der Waals surface area contributed by atoms with Crippen molar-refractivity contribution in [3.05, 3.63) is 84.6 Å². The first-order valence-electron chi connectivity index (χ1n) is 8.93. The average molecular weight is 528 g/mol. The fourth-order valence-corrected chi connectivity index (χ4v) is 6.41. The van der Waals surface area contributed by atoms with Gasteiger partial charge >= 0.3 is 0 Å². The summed E-state index contributed by atoms with van der Waals surface area (Å²) in [7, 11) is 0. The van der Waals surface area contributed by atoms with Gasteiger partial charge in [-0.1, -0.05) is 83.0 Å². The summed E-state index contributed by atoms with van der Waals surface area (Å²) in [5, 5.41) is 0.847. The van der Waals surface area contributed by atoms with E-state index in [-0.39, 0.29) is 17.7 Å². The summed E-state index contributed by atoms with van der Waals surface area (Å²) >= 11 is 22.2. The Bertz CT molecular complexity index is 1180. The first kappa shape index (κ1) is 22.7. The van der Waals surface area contributed by atoms with Crippen molar-refractivity contribution < 1.29 is 9.59 Å². The van der Waals surface area contributed by atoms with Crippen LogP contribution in [0.3, 0.4) is 0 Å². The van der Waals surface area contributed by atoms with E-state index in [1.807, 2.05) is 30.3 Å². The van der Waals surface area contributed by atoms with Crippen LogP contribution in [0.25, 0.3) is 6.08 Å². The van der Waals surface area contributed by atoms with Gasteiger partial charge in [0.25, 0.3) is 11.1 Å². The van der Waals surface area contributed by atoms with Crippen LogP contribution < -0.4 is 0 Å². The average Bonchev–Trinajstić information content (AvgIpc) is 3.23. The van der Waals surface area contributed by atoms with Crippen LogP contribution in [0.5, 0.6) is 0 Å². The Balaban J connectivity index is 1.48. The van der Waals surface area contributed by atoms with Crippen molar-refractivity contribution >= 4 is 86.9 Å². The van der Waals surface area contributed by atoms with Gasteiger partial charge in [-0.25, -0.2) is 4.98 Å². The first-order valence-corrected chi connectivity index (χ1v) is 12.7. The summed E-state index contributed by atoms with van der Waals surface area (Å²) < 4.78 is 0.798. The lowest BCUT2D eigenvalue weighted by molar-refractivity contribution is -0.123. The third-order valence-electron chi connectivity index (χ3n) is 4.27. The molecule has 0 bridgehead atoms. The van der Waals surface area contributed by atoms with E-state index in [0.29, 0.717) is 30.5 Å². The highest BCUT2D eigenvalue weighted by molar-refractivity contribution is 8.18. The number of benzene rings is 2. The molecule has 0 saturated carbocycles. The third-order valence-corrected chi connectivity index (χ3v) is 8.39. The fraction of sp³-hybridized carbons (Fsp3) is 0.0952. The summed E-state index contributed by atoms with van der Waals surface area (Å²) in [6.07, 6.45) is 1.63. The maximum Gasteiger partial charge on any atom is 0.293 e. The molecule has 0 radical (unpaired) electrons. The van der Waals surface area contributed by atoms with Crippen molar-refractivity contribution in [3.8, 4) is 0 Å². The second-order valence-electron chi connectivity index (χ2n) is 6.41. The molecule has 10 heteroatoms. The molecule has 1 fully saturated rings. The molecule has 1 aliphatic rings. The van der Waals surface area contributed by atoms with Gasteiger partial charge in [-0.3, -0.25) is 14.5 Å². The lowest BCUT2D eigenvalue weighted by Gasteiger charge is -2.13. The third kappa shape index (κ3) is 5.48. The Morgan fingerprint density at radius 1 is 1.06 bits per heavy atom. The van der Waals surface area contributed by atoms with Crippen LogP contribution in [0, 0.1) is 0 Å². The number of thioether (sulfide) groups is 2. The molecular formula is C21H13Cl3N2O2S3. The molecule has 0 atom stereocenters. The standard InChI is InChI=1S/C21H13Cl3N2O2S3/c22-14-7-6-13(15(23)8-14)10-26-19(27)17(31-21(26)28)9-16-18(24)25-20(30-16)29-11-12-4-2-1-3-5-12/h1-9H,10-11H2/b17-9+. The van der Waals surface area contributed by atoms with Crippen molar-refractivity contribution in [2.24, 2.45) is 0 Å². The zero-order valence-electron chi connectivity index (χ0n) is 15.7. The largest absolute Gasteiger partial charge is 0.293 e. The van der Waals surface area contributed by atoms with E-state index in [4.69, 9.17) is 34.8 Å². The van der Waals surface area contributed by atoms with Gasteiger partial charge in [-0.05, 0) is 41.1 Å². The Morgan fingerprint density at radius 2 is 1.84 bits per heavy atom. The number of imide groups is 1. The summed E-state index contributed by atoms with van der Waals surface area (Å²) in [4.78, 5) is 31.7. The monoisotopic (exact) mass is 526 g/mol. The number of rotatable bonds is 6. The van der Waals surface area contributed by atoms with Crippen molar-refractivity contribution in [1.82, 2.24) is 9.88 Å². The summed E-state index contributed by atoms with van der Waals surface area (Å²) in [6.45, 7) is 0.0760. The number of hydrogen-bond donors (Lipinski definition) is 0. The van der Waals surface area contributed by atoms with Crippen LogP contribution in [0.4, 0.5) is 4.79 Å². The van der Waals surface area contributed by atoms with Crippen LogP contribution in [0.2, 0.25) is 15.2 Å². The SMILES string of the molecule is O=C1S/C(=C/c2sc(SCc3ccccc3)nc2Cl)C(=O)N1Cc1ccc(Cl)cc1Cl. The molecule has 1 aromatic heterocycles. The van der Waals surface area contributed by atoms with Gasteiger partial charge in [0.15, 0.2) is 4.34 Å². The van der Waals surface area contributed by atoms with E-state index in [9.17, 15) is 9.59 Å². The van der Waals surface area contributed by atoms with Crippen molar-refractivity contribution in [2.45, 2.75) is 16.6 Å². The summed E-state index contributed by atoms with van der Waals surface area (Å²) in [5.41, 5.74) is 1.83. The van der Waals surface area contributed by atoms with Gasteiger partial charge in [0.1, 0.15) is 5.15 Å². The van der Waals surface area contributed by atoms with Gasteiger partial charge < -0.3 is 0 Å². The maximum absolute atomic E-state index is 12.8. The normalized spacial score (nSPS) is 15.3. The van der Waals surface area contributed by atoms with Crippen LogP contribution in [-0.4, -0.2) is 21.0 Å². The van der Waals surface area contributed by atoms with E-state index in [0.717, 1.165) is 26.8 Å². The Morgan fingerprint density at radius 3 is 2.58 bits per heavy atom. The molecular weight excluding hydrogens is 515 g/mol. The van der Waals surface area contributed by atoms with Crippen LogP contribution in [-0.2, 0) is 17.1 Å². The lowest BCUT2D eigenvalue weighted by atomic mass is 10.2. The number of thiazole rings is 1.